The number of hydrogen-bond donors (Lipinski definition) is 3. The van der Waals surface area contributed by atoms with Crippen molar-refractivity contribution in [2.45, 2.75) is 5.92 Å². The third-order valence-electron chi connectivity index (χ3n) is 3.71. The molecule has 7 heteroatoms. The summed E-state index contributed by atoms with van der Waals surface area (Å²) in [5.41, 5.74) is 6.71. The van der Waals surface area contributed by atoms with E-state index in [4.69, 9.17) is 13.9 Å². The van der Waals surface area contributed by atoms with Crippen LogP contribution in [0.15, 0.2) is 34.7 Å². The number of rotatable bonds is 3. The molecule has 2 aliphatic rings. The van der Waals surface area contributed by atoms with Crippen LogP contribution in [-0.4, -0.2) is 25.8 Å². The van der Waals surface area contributed by atoms with E-state index in [1.54, 1.807) is 24.3 Å². The summed E-state index contributed by atoms with van der Waals surface area (Å²) in [7, 11) is 0. The van der Waals surface area contributed by atoms with Gasteiger partial charge in [0.15, 0.2) is 17.3 Å². The van der Waals surface area contributed by atoms with Crippen LogP contribution in [0.4, 0.5) is 5.69 Å². The van der Waals surface area contributed by atoms with Gasteiger partial charge in [-0.25, -0.2) is 0 Å². The van der Waals surface area contributed by atoms with Gasteiger partial charge < -0.3 is 19.2 Å². The van der Waals surface area contributed by atoms with Crippen LogP contribution in [0.2, 0.25) is 0 Å². The highest BCUT2D eigenvalue weighted by Crippen LogP contribution is 2.34. The van der Waals surface area contributed by atoms with Gasteiger partial charge >= 0.3 is 0 Å². The summed E-state index contributed by atoms with van der Waals surface area (Å²) < 4.78 is 16.2. The van der Waals surface area contributed by atoms with E-state index < -0.39 is 0 Å². The van der Waals surface area contributed by atoms with Crippen LogP contribution < -0.4 is 25.6 Å². The molecule has 1 amide bonds. The van der Waals surface area contributed by atoms with Crippen molar-refractivity contribution >= 4 is 11.6 Å². The van der Waals surface area contributed by atoms with Gasteiger partial charge in [-0.05, 0) is 24.3 Å². The van der Waals surface area contributed by atoms with E-state index in [1.165, 1.54) is 0 Å². The molecule has 2 aromatic rings. The van der Waals surface area contributed by atoms with E-state index in [2.05, 4.69) is 16.2 Å². The second-order valence-electron chi connectivity index (χ2n) is 5.18. The summed E-state index contributed by atoms with van der Waals surface area (Å²) in [6.45, 7) is 1.78. The highest BCUT2D eigenvalue weighted by Gasteiger charge is 2.22. The second kappa shape index (κ2) is 5.36. The van der Waals surface area contributed by atoms with Crippen LogP contribution >= 0.6 is 0 Å². The Hall–Kier alpha value is -2.51. The summed E-state index contributed by atoms with van der Waals surface area (Å²) in [6.07, 6.45) is 0. The first-order valence-corrected chi connectivity index (χ1v) is 7.06. The number of hydrogen-bond acceptors (Lipinski definition) is 6. The maximum atomic E-state index is 12.2. The molecule has 0 unspecified atom stereocenters. The number of nitrogens with one attached hydrogen (secondary N) is 3. The lowest BCUT2D eigenvalue weighted by Crippen LogP contribution is -2.21. The number of ether oxygens (including phenoxy) is 2. The first kappa shape index (κ1) is 13.2. The summed E-state index contributed by atoms with van der Waals surface area (Å²) >= 11 is 0. The standard InChI is InChI=1S/C15H15N3O4/c19-15(13-4-3-11(22-13)9-6-16-17-7-9)18-10-1-2-12-14(5-10)21-8-20-12/h1-5,9,16-17H,6-8H2,(H,18,19). The monoisotopic (exact) mass is 301 g/mol. The van der Waals surface area contributed by atoms with E-state index >= 15 is 0 Å². The zero-order chi connectivity index (χ0) is 14.9. The quantitative estimate of drug-likeness (QED) is 0.796. The van der Waals surface area contributed by atoms with Gasteiger partial charge in [0.1, 0.15) is 5.76 Å². The predicted molar refractivity (Wildman–Crippen MR) is 78.0 cm³/mol. The van der Waals surface area contributed by atoms with E-state index in [1.807, 2.05) is 6.07 Å². The molecule has 114 valence electrons. The van der Waals surface area contributed by atoms with Crippen LogP contribution in [0.1, 0.15) is 22.2 Å². The molecule has 0 bridgehead atoms. The van der Waals surface area contributed by atoms with Crippen LogP contribution in [-0.2, 0) is 0 Å². The molecule has 1 aromatic heterocycles. The Morgan fingerprint density at radius 1 is 1.09 bits per heavy atom. The summed E-state index contributed by atoms with van der Waals surface area (Å²) in [4.78, 5) is 12.2. The zero-order valence-corrected chi connectivity index (χ0v) is 11.7. The van der Waals surface area contributed by atoms with Crippen molar-refractivity contribution < 1.29 is 18.7 Å². The minimum Gasteiger partial charge on any atom is -0.456 e. The molecule has 1 aromatic carbocycles. The number of amides is 1. The predicted octanol–water partition coefficient (Wildman–Crippen LogP) is 1.45. The molecule has 22 heavy (non-hydrogen) atoms. The van der Waals surface area contributed by atoms with Crippen LogP contribution in [0.25, 0.3) is 0 Å². The number of hydrazine groups is 1. The minimum absolute atomic E-state index is 0.206. The smallest absolute Gasteiger partial charge is 0.291 e. The average Bonchev–Trinajstić information content (AvgIpc) is 3.26. The van der Waals surface area contributed by atoms with Crippen LogP contribution in [0.3, 0.4) is 0 Å². The fourth-order valence-corrected chi connectivity index (χ4v) is 2.53. The Morgan fingerprint density at radius 3 is 2.77 bits per heavy atom. The molecule has 0 aliphatic carbocycles. The molecule has 3 N–H and O–H groups in total. The van der Waals surface area contributed by atoms with Crippen molar-refractivity contribution in [3.8, 4) is 11.5 Å². The number of carbonyl (C=O) groups is 1. The van der Waals surface area contributed by atoms with Gasteiger partial charge in [-0.3, -0.25) is 15.6 Å². The van der Waals surface area contributed by atoms with Crippen molar-refractivity contribution in [1.82, 2.24) is 10.9 Å². The SMILES string of the molecule is O=C(Nc1ccc2c(c1)OCO2)c1ccc(C2CNNC2)o1. The molecule has 0 saturated carbocycles. The Balaban J connectivity index is 1.47. The topological polar surface area (TPSA) is 84.8 Å². The molecule has 3 heterocycles. The molecular formula is C15H15N3O4. The average molecular weight is 301 g/mol. The fraction of sp³-hybridized carbons (Fsp3) is 0.267. The molecule has 4 rings (SSSR count). The number of furan rings is 1. The number of carbonyl (C=O) groups excluding carboxylic acids is 1. The van der Waals surface area contributed by atoms with Gasteiger partial charge in [-0.1, -0.05) is 0 Å². The molecule has 1 fully saturated rings. The van der Waals surface area contributed by atoms with Crippen LogP contribution in [0, 0.1) is 0 Å². The van der Waals surface area contributed by atoms with Crippen molar-refractivity contribution in [1.29, 1.82) is 0 Å². The van der Waals surface area contributed by atoms with Gasteiger partial charge in [0.05, 0.1) is 0 Å². The molecule has 0 atom stereocenters. The van der Waals surface area contributed by atoms with Crippen molar-refractivity contribution in [2.24, 2.45) is 0 Å². The molecule has 7 nitrogen and oxygen atoms in total. The Kier molecular flexibility index (Phi) is 3.21. The highest BCUT2D eigenvalue weighted by molar-refractivity contribution is 6.02. The first-order chi connectivity index (χ1) is 10.8. The molecule has 1 saturated heterocycles. The molecule has 0 radical (unpaired) electrons. The molecule has 2 aliphatic heterocycles. The summed E-state index contributed by atoms with van der Waals surface area (Å²) in [6, 6.07) is 8.79. The van der Waals surface area contributed by atoms with E-state index in [-0.39, 0.29) is 18.6 Å². The molecule has 0 spiro atoms. The Labute approximate surface area is 126 Å². The van der Waals surface area contributed by atoms with Gasteiger partial charge in [0, 0.05) is 30.8 Å². The summed E-state index contributed by atoms with van der Waals surface area (Å²) in [5.74, 6) is 2.35. The maximum absolute atomic E-state index is 12.2. The number of anilines is 1. The fourth-order valence-electron chi connectivity index (χ4n) is 2.53. The molecular weight excluding hydrogens is 286 g/mol. The second-order valence-corrected chi connectivity index (χ2v) is 5.18. The van der Waals surface area contributed by atoms with E-state index in [0.717, 1.165) is 18.8 Å². The third-order valence-corrected chi connectivity index (χ3v) is 3.71. The lowest BCUT2D eigenvalue weighted by atomic mass is 10.1. The van der Waals surface area contributed by atoms with Crippen molar-refractivity contribution in [2.75, 3.05) is 25.2 Å². The Morgan fingerprint density at radius 2 is 1.91 bits per heavy atom. The van der Waals surface area contributed by atoms with Gasteiger partial charge in [0.25, 0.3) is 5.91 Å². The Bertz CT molecular complexity index is 707. The number of fused-ring (bicyclic) bond motifs is 1. The van der Waals surface area contributed by atoms with Crippen molar-refractivity contribution in [3.05, 3.63) is 41.9 Å². The van der Waals surface area contributed by atoms with Crippen molar-refractivity contribution in [3.63, 3.8) is 0 Å². The number of benzene rings is 1. The lowest BCUT2D eigenvalue weighted by Gasteiger charge is -2.05. The lowest BCUT2D eigenvalue weighted by molar-refractivity contribution is 0.0994. The first-order valence-electron chi connectivity index (χ1n) is 7.06. The van der Waals surface area contributed by atoms with E-state index in [9.17, 15) is 4.79 Å². The summed E-state index contributed by atoms with van der Waals surface area (Å²) in [5, 5.41) is 2.79. The maximum Gasteiger partial charge on any atom is 0.291 e. The minimum atomic E-state index is -0.288. The van der Waals surface area contributed by atoms with E-state index in [0.29, 0.717) is 22.9 Å². The van der Waals surface area contributed by atoms with Crippen LogP contribution in [0.5, 0.6) is 11.5 Å². The normalized spacial score (nSPS) is 16.9. The largest absolute Gasteiger partial charge is 0.456 e. The van der Waals surface area contributed by atoms with Gasteiger partial charge in [0.2, 0.25) is 6.79 Å². The zero-order valence-electron chi connectivity index (χ0n) is 11.7. The highest BCUT2D eigenvalue weighted by atomic mass is 16.7. The van der Waals surface area contributed by atoms with Gasteiger partial charge in [-0.2, -0.15) is 0 Å². The van der Waals surface area contributed by atoms with Gasteiger partial charge in [-0.15, -0.1) is 0 Å². The third kappa shape index (κ3) is 2.40.